The Morgan fingerprint density at radius 3 is 2.29 bits per heavy atom. The van der Waals surface area contributed by atoms with Gasteiger partial charge in [0.1, 0.15) is 11.9 Å². The van der Waals surface area contributed by atoms with Gasteiger partial charge in [-0.05, 0) is 57.5 Å². The van der Waals surface area contributed by atoms with Gasteiger partial charge in [0, 0.05) is 12.1 Å². The zero-order chi connectivity index (χ0) is 23.2. The molecule has 2 aromatic carbocycles. The van der Waals surface area contributed by atoms with Crippen LogP contribution in [0.3, 0.4) is 0 Å². The van der Waals surface area contributed by atoms with Gasteiger partial charge in [-0.25, -0.2) is 12.8 Å². The molecule has 2 aromatic rings. The molecule has 0 saturated carbocycles. The summed E-state index contributed by atoms with van der Waals surface area (Å²) in [5.74, 6) is -1.62. The molecule has 3 N–H and O–H groups in total. The number of halogens is 1. The lowest BCUT2D eigenvalue weighted by Crippen LogP contribution is -2.50. The van der Waals surface area contributed by atoms with Crippen molar-refractivity contribution < 1.29 is 22.4 Å². The Balaban J connectivity index is 2.19. The van der Waals surface area contributed by atoms with Gasteiger partial charge < -0.3 is 10.6 Å². The van der Waals surface area contributed by atoms with Crippen LogP contribution in [0.1, 0.15) is 38.3 Å². The van der Waals surface area contributed by atoms with Crippen LogP contribution < -0.4 is 15.4 Å². The molecule has 0 bridgehead atoms. The van der Waals surface area contributed by atoms with Crippen molar-refractivity contribution in [1.82, 2.24) is 15.4 Å². The maximum Gasteiger partial charge on any atom is 0.241 e. The van der Waals surface area contributed by atoms with Crippen LogP contribution in [0.4, 0.5) is 4.39 Å². The Kier molecular flexibility index (Phi) is 7.91. The number of rotatable bonds is 8. The first-order valence-corrected chi connectivity index (χ1v) is 11.3. The highest BCUT2D eigenvalue weighted by Gasteiger charge is 2.29. The van der Waals surface area contributed by atoms with E-state index in [1.165, 1.54) is 30.3 Å². The second kappa shape index (κ2) is 10.0. The van der Waals surface area contributed by atoms with Crippen molar-refractivity contribution in [1.29, 1.82) is 0 Å². The normalized spacial score (nSPS) is 12.8. The topological polar surface area (TPSA) is 104 Å². The van der Waals surface area contributed by atoms with E-state index in [0.29, 0.717) is 5.56 Å². The lowest BCUT2D eigenvalue weighted by atomic mass is 10.1. The average Bonchev–Trinajstić information content (AvgIpc) is 2.64. The van der Waals surface area contributed by atoms with Gasteiger partial charge in [0.15, 0.2) is 0 Å². The van der Waals surface area contributed by atoms with E-state index >= 15 is 0 Å². The van der Waals surface area contributed by atoms with E-state index < -0.39 is 45.7 Å². The minimum Gasteiger partial charge on any atom is -0.351 e. The molecule has 2 rings (SSSR count). The third-order valence-electron chi connectivity index (χ3n) is 4.20. The maximum absolute atomic E-state index is 13.4. The molecule has 0 radical (unpaired) electrons. The largest absolute Gasteiger partial charge is 0.351 e. The molecule has 1 atom stereocenters. The molecule has 0 unspecified atom stereocenters. The molecule has 31 heavy (non-hydrogen) atoms. The van der Waals surface area contributed by atoms with Crippen LogP contribution >= 0.6 is 0 Å². The predicted octanol–water partition coefficient (Wildman–Crippen LogP) is 2.40. The van der Waals surface area contributed by atoms with Crippen LogP contribution in [0, 0.1) is 12.7 Å². The standard InChI is InChI=1S/C22H28FN3O4S/c1-15-8-10-18(11-9-15)31(29,30)26-19(13-20(27)25-22(2,3)4)21(28)24-14-16-6-5-7-17(23)12-16/h5-12,19,26H,13-14H2,1-4H3,(H,24,28)(H,25,27)/t19-/m0/s1. The summed E-state index contributed by atoms with van der Waals surface area (Å²) in [7, 11) is -4.05. The van der Waals surface area contributed by atoms with Gasteiger partial charge in [-0.2, -0.15) is 4.72 Å². The summed E-state index contributed by atoms with van der Waals surface area (Å²) in [5, 5.41) is 5.28. The third-order valence-corrected chi connectivity index (χ3v) is 5.69. The third kappa shape index (κ3) is 8.10. The van der Waals surface area contributed by atoms with Gasteiger partial charge in [0.05, 0.1) is 11.3 Å². The minimum atomic E-state index is -4.05. The van der Waals surface area contributed by atoms with Gasteiger partial charge in [-0.1, -0.05) is 29.8 Å². The summed E-state index contributed by atoms with van der Waals surface area (Å²) >= 11 is 0. The van der Waals surface area contributed by atoms with Crippen LogP contribution in [0.5, 0.6) is 0 Å². The number of carbonyl (C=O) groups excluding carboxylic acids is 2. The van der Waals surface area contributed by atoms with Crippen molar-refractivity contribution in [2.75, 3.05) is 0 Å². The number of amides is 2. The van der Waals surface area contributed by atoms with E-state index in [9.17, 15) is 22.4 Å². The molecule has 0 fully saturated rings. The average molecular weight is 450 g/mol. The van der Waals surface area contributed by atoms with Gasteiger partial charge >= 0.3 is 0 Å². The smallest absolute Gasteiger partial charge is 0.241 e. The van der Waals surface area contributed by atoms with Gasteiger partial charge in [-0.3, -0.25) is 9.59 Å². The molecule has 0 aliphatic rings. The molecular formula is C22H28FN3O4S. The van der Waals surface area contributed by atoms with E-state index in [2.05, 4.69) is 15.4 Å². The van der Waals surface area contributed by atoms with Crippen molar-refractivity contribution in [2.45, 2.75) is 57.1 Å². The SMILES string of the molecule is Cc1ccc(S(=O)(=O)N[C@@H](CC(=O)NC(C)(C)C)C(=O)NCc2cccc(F)c2)cc1. The lowest BCUT2D eigenvalue weighted by molar-refractivity contribution is -0.128. The van der Waals surface area contributed by atoms with Crippen molar-refractivity contribution in [3.8, 4) is 0 Å². The van der Waals surface area contributed by atoms with Gasteiger partial charge in [-0.15, -0.1) is 0 Å². The Labute approximate surface area is 182 Å². The Bertz CT molecular complexity index is 1030. The lowest BCUT2D eigenvalue weighted by Gasteiger charge is -2.23. The molecule has 0 aromatic heterocycles. The predicted molar refractivity (Wildman–Crippen MR) is 116 cm³/mol. The number of aryl methyl sites for hydroxylation is 1. The molecule has 0 aliphatic heterocycles. The fourth-order valence-corrected chi connectivity index (χ4v) is 3.97. The first-order chi connectivity index (χ1) is 14.4. The Morgan fingerprint density at radius 1 is 1.06 bits per heavy atom. The zero-order valence-electron chi connectivity index (χ0n) is 18.0. The number of hydrogen-bond donors (Lipinski definition) is 3. The molecule has 2 amide bonds. The van der Waals surface area contributed by atoms with Gasteiger partial charge in [0.25, 0.3) is 0 Å². The summed E-state index contributed by atoms with van der Waals surface area (Å²) in [6.07, 6.45) is -0.392. The number of sulfonamides is 1. The fraction of sp³-hybridized carbons (Fsp3) is 0.364. The second-order valence-corrected chi connectivity index (χ2v) is 10.1. The first-order valence-electron chi connectivity index (χ1n) is 9.78. The monoisotopic (exact) mass is 449 g/mol. The molecular weight excluding hydrogens is 421 g/mol. The van der Waals surface area contributed by atoms with Crippen LogP contribution in [0.15, 0.2) is 53.4 Å². The number of hydrogen-bond acceptors (Lipinski definition) is 4. The van der Waals surface area contributed by atoms with Crippen LogP contribution in [0.25, 0.3) is 0 Å². The van der Waals surface area contributed by atoms with Crippen LogP contribution in [0.2, 0.25) is 0 Å². The molecule has 0 saturated heterocycles. The first kappa shape index (κ1) is 24.5. The Hall–Kier alpha value is -2.78. The van der Waals surface area contributed by atoms with Crippen molar-refractivity contribution in [3.05, 3.63) is 65.5 Å². The number of nitrogens with one attached hydrogen (secondary N) is 3. The number of carbonyl (C=O) groups is 2. The van der Waals surface area contributed by atoms with Crippen molar-refractivity contribution in [3.63, 3.8) is 0 Å². The quantitative estimate of drug-likeness (QED) is 0.576. The molecule has 168 valence electrons. The summed E-state index contributed by atoms with van der Waals surface area (Å²) in [5.41, 5.74) is 0.843. The summed E-state index contributed by atoms with van der Waals surface area (Å²) in [6, 6.07) is 10.5. The van der Waals surface area contributed by atoms with Crippen molar-refractivity contribution in [2.24, 2.45) is 0 Å². The van der Waals surface area contributed by atoms with Crippen LogP contribution in [-0.2, 0) is 26.2 Å². The highest BCUT2D eigenvalue weighted by Crippen LogP contribution is 2.12. The van der Waals surface area contributed by atoms with E-state index in [1.54, 1.807) is 39.0 Å². The van der Waals surface area contributed by atoms with E-state index in [0.717, 1.165) is 5.56 Å². The highest BCUT2D eigenvalue weighted by atomic mass is 32.2. The maximum atomic E-state index is 13.4. The highest BCUT2D eigenvalue weighted by molar-refractivity contribution is 7.89. The molecule has 0 aliphatic carbocycles. The van der Waals surface area contributed by atoms with E-state index in [4.69, 9.17) is 0 Å². The Morgan fingerprint density at radius 2 is 1.71 bits per heavy atom. The summed E-state index contributed by atoms with van der Waals surface area (Å²) < 4.78 is 41.2. The van der Waals surface area contributed by atoms with Gasteiger partial charge in [0.2, 0.25) is 21.8 Å². The second-order valence-electron chi connectivity index (χ2n) is 8.34. The van der Waals surface area contributed by atoms with E-state index in [-0.39, 0.29) is 11.4 Å². The minimum absolute atomic E-state index is 0.0136. The fourth-order valence-electron chi connectivity index (χ4n) is 2.77. The summed E-state index contributed by atoms with van der Waals surface area (Å²) in [6.45, 7) is 7.14. The number of benzene rings is 2. The van der Waals surface area contributed by atoms with Crippen LogP contribution in [-0.4, -0.2) is 31.8 Å². The summed E-state index contributed by atoms with van der Waals surface area (Å²) in [4.78, 5) is 25.1. The molecule has 7 nitrogen and oxygen atoms in total. The zero-order valence-corrected chi connectivity index (χ0v) is 18.8. The molecule has 0 spiro atoms. The van der Waals surface area contributed by atoms with E-state index in [1.807, 2.05) is 6.92 Å². The van der Waals surface area contributed by atoms with Crippen molar-refractivity contribution >= 4 is 21.8 Å². The molecule has 0 heterocycles. The molecule has 9 heteroatoms.